The largest absolute Gasteiger partial charge is 0.498 e. The van der Waals surface area contributed by atoms with Gasteiger partial charge in [0, 0.05) is 6.42 Å². The van der Waals surface area contributed by atoms with Crippen LogP contribution in [0.1, 0.15) is 18.9 Å². The second-order valence-electron chi connectivity index (χ2n) is 5.19. The van der Waals surface area contributed by atoms with Crippen LogP contribution >= 0.6 is 0 Å². The van der Waals surface area contributed by atoms with Crippen molar-refractivity contribution < 1.29 is 14.6 Å². The highest BCUT2D eigenvalue weighted by atomic mass is 16.5. The third-order valence-electron chi connectivity index (χ3n) is 3.25. The predicted molar refractivity (Wildman–Crippen MR) is 94.9 cm³/mol. The fourth-order valence-electron chi connectivity index (χ4n) is 1.97. The number of rotatable bonds is 6. The zero-order valence-electron chi connectivity index (χ0n) is 13.7. The van der Waals surface area contributed by atoms with Crippen molar-refractivity contribution in [1.82, 2.24) is 0 Å². The summed E-state index contributed by atoms with van der Waals surface area (Å²) >= 11 is 0. The summed E-state index contributed by atoms with van der Waals surface area (Å²) in [5.41, 5.74) is 2.00. The van der Waals surface area contributed by atoms with Crippen molar-refractivity contribution in [2.24, 2.45) is 0 Å². The molecule has 0 saturated heterocycles. The Hall–Kier alpha value is -2.10. The van der Waals surface area contributed by atoms with Crippen LogP contribution in [-0.2, 0) is 16.1 Å². The highest BCUT2D eigenvalue weighted by molar-refractivity contribution is 5.20. The standard InChI is InChI=1S/C13H16O2.C7H10O/c1-11-9-13(7-8-14-11)15-10-12-5-3-2-4-6-12;1-3-5-7(4-2)6-8/h2-8,11,13H,9-10H2,1H3;3-5,8H,1-2,6H2/b;7-5+. The van der Waals surface area contributed by atoms with Gasteiger partial charge in [0.05, 0.1) is 31.7 Å². The van der Waals surface area contributed by atoms with Crippen molar-refractivity contribution in [3.8, 4) is 0 Å². The summed E-state index contributed by atoms with van der Waals surface area (Å²) in [6.07, 6.45) is 10.0. The topological polar surface area (TPSA) is 38.7 Å². The molecule has 1 aromatic rings. The van der Waals surface area contributed by atoms with E-state index >= 15 is 0 Å². The lowest BCUT2D eigenvalue weighted by Gasteiger charge is -2.22. The molecule has 0 aromatic heterocycles. The van der Waals surface area contributed by atoms with Crippen molar-refractivity contribution in [1.29, 1.82) is 0 Å². The molecule has 1 aromatic carbocycles. The van der Waals surface area contributed by atoms with E-state index in [1.165, 1.54) is 5.56 Å². The van der Waals surface area contributed by atoms with Crippen LogP contribution < -0.4 is 0 Å². The molecule has 0 bridgehead atoms. The van der Waals surface area contributed by atoms with Gasteiger partial charge in [-0.15, -0.1) is 0 Å². The van der Waals surface area contributed by atoms with Gasteiger partial charge < -0.3 is 14.6 Å². The number of hydrogen-bond donors (Lipinski definition) is 1. The molecule has 3 heteroatoms. The highest BCUT2D eigenvalue weighted by Gasteiger charge is 2.15. The van der Waals surface area contributed by atoms with Gasteiger partial charge in [-0.05, 0) is 24.1 Å². The van der Waals surface area contributed by atoms with Crippen LogP contribution in [0.4, 0.5) is 0 Å². The Labute approximate surface area is 139 Å². The van der Waals surface area contributed by atoms with Crippen molar-refractivity contribution in [3.63, 3.8) is 0 Å². The van der Waals surface area contributed by atoms with E-state index in [2.05, 4.69) is 32.2 Å². The predicted octanol–water partition coefficient (Wildman–Crippen LogP) is 4.17. The van der Waals surface area contributed by atoms with Gasteiger partial charge >= 0.3 is 0 Å². The molecule has 0 saturated carbocycles. The zero-order chi connectivity index (χ0) is 16.9. The summed E-state index contributed by atoms with van der Waals surface area (Å²) in [6, 6.07) is 10.2. The van der Waals surface area contributed by atoms with Gasteiger partial charge in [0.1, 0.15) is 0 Å². The summed E-state index contributed by atoms with van der Waals surface area (Å²) in [5.74, 6) is 0. The molecule has 124 valence electrons. The number of hydrogen-bond acceptors (Lipinski definition) is 3. The quantitative estimate of drug-likeness (QED) is 0.801. The van der Waals surface area contributed by atoms with Crippen molar-refractivity contribution in [2.75, 3.05) is 6.61 Å². The molecule has 2 atom stereocenters. The third kappa shape index (κ3) is 8.19. The van der Waals surface area contributed by atoms with Crippen LogP contribution in [-0.4, -0.2) is 23.9 Å². The maximum absolute atomic E-state index is 8.47. The van der Waals surface area contributed by atoms with Crippen LogP contribution in [0.3, 0.4) is 0 Å². The molecule has 0 amide bonds. The summed E-state index contributed by atoms with van der Waals surface area (Å²) in [6.45, 7) is 9.70. The van der Waals surface area contributed by atoms with E-state index in [1.807, 2.05) is 24.3 Å². The Bertz CT molecular complexity index is 517. The maximum Gasteiger partial charge on any atom is 0.0978 e. The Morgan fingerprint density at radius 1 is 1.35 bits per heavy atom. The van der Waals surface area contributed by atoms with Crippen LogP contribution in [0.15, 0.2) is 79.6 Å². The third-order valence-corrected chi connectivity index (χ3v) is 3.25. The second kappa shape index (κ2) is 11.5. The van der Waals surface area contributed by atoms with Crippen LogP contribution in [0, 0.1) is 0 Å². The van der Waals surface area contributed by atoms with E-state index in [0.717, 1.165) is 12.0 Å². The molecular formula is C20H26O3. The van der Waals surface area contributed by atoms with Crippen molar-refractivity contribution in [3.05, 3.63) is 85.2 Å². The van der Waals surface area contributed by atoms with Gasteiger partial charge in [-0.25, -0.2) is 0 Å². The summed E-state index contributed by atoms with van der Waals surface area (Å²) in [4.78, 5) is 0. The molecular weight excluding hydrogens is 288 g/mol. The van der Waals surface area contributed by atoms with E-state index in [9.17, 15) is 0 Å². The fourth-order valence-corrected chi connectivity index (χ4v) is 1.97. The second-order valence-corrected chi connectivity index (χ2v) is 5.19. The minimum Gasteiger partial charge on any atom is -0.498 e. The minimum atomic E-state index is 0.0372. The average Bonchev–Trinajstić information content (AvgIpc) is 2.59. The van der Waals surface area contributed by atoms with Gasteiger partial charge in [-0.2, -0.15) is 0 Å². The van der Waals surface area contributed by atoms with Gasteiger partial charge in [-0.3, -0.25) is 0 Å². The molecule has 23 heavy (non-hydrogen) atoms. The lowest BCUT2D eigenvalue weighted by Crippen LogP contribution is -2.21. The lowest BCUT2D eigenvalue weighted by atomic mass is 10.1. The van der Waals surface area contributed by atoms with Crippen molar-refractivity contribution in [2.45, 2.75) is 32.2 Å². The number of ether oxygens (including phenoxy) is 2. The Balaban J connectivity index is 0.000000284. The number of aliphatic hydroxyl groups excluding tert-OH is 1. The normalized spacial score (nSPS) is 20.0. The summed E-state index contributed by atoms with van der Waals surface area (Å²) in [7, 11) is 0. The van der Waals surface area contributed by atoms with E-state index in [1.54, 1.807) is 24.5 Å². The molecule has 1 N–H and O–H groups in total. The van der Waals surface area contributed by atoms with E-state index in [-0.39, 0.29) is 18.8 Å². The average molecular weight is 314 g/mol. The maximum atomic E-state index is 8.47. The van der Waals surface area contributed by atoms with Crippen molar-refractivity contribution >= 4 is 0 Å². The van der Waals surface area contributed by atoms with E-state index < -0.39 is 0 Å². The molecule has 2 unspecified atom stereocenters. The molecule has 0 radical (unpaired) electrons. The van der Waals surface area contributed by atoms with Crippen LogP contribution in [0.25, 0.3) is 0 Å². The molecule has 2 rings (SSSR count). The monoisotopic (exact) mass is 314 g/mol. The summed E-state index contributed by atoms with van der Waals surface area (Å²) in [5, 5.41) is 8.47. The van der Waals surface area contributed by atoms with Crippen LogP contribution in [0.5, 0.6) is 0 Å². The minimum absolute atomic E-state index is 0.0372. The van der Waals surface area contributed by atoms with E-state index in [0.29, 0.717) is 6.61 Å². The summed E-state index contributed by atoms with van der Waals surface area (Å²) < 4.78 is 11.1. The van der Waals surface area contributed by atoms with Gasteiger partial charge in [0.2, 0.25) is 0 Å². The van der Waals surface area contributed by atoms with Gasteiger partial charge in [-0.1, -0.05) is 61.7 Å². The molecule has 1 aliphatic heterocycles. The first kappa shape index (κ1) is 18.9. The number of aliphatic hydroxyl groups is 1. The van der Waals surface area contributed by atoms with E-state index in [4.69, 9.17) is 14.6 Å². The molecule has 0 aliphatic carbocycles. The van der Waals surface area contributed by atoms with Gasteiger partial charge in [0.25, 0.3) is 0 Å². The first-order valence-corrected chi connectivity index (χ1v) is 7.72. The molecule has 1 heterocycles. The Morgan fingerprint density at radius 3 is 2.61 bits per heavy atom. The van der Waals surface area contributed by atoms with Crippen LogP contribution in [0.2, 0.25) is 0 Å². The zero-order valence-corrected chi connectivity index (χ0v) is 13.7. The Morgan fingerprint density at radius 2 is 2.09 bits per heavy atom. The number of benzene rings is 1. The first-order chi connectivity index (χ1) is 11.2. The molecule has 3 nitrogen and oxygen atoms in total. The SMILES string of the molecule is C=C/C=C(\C=C)CO.CC1CC(OCc2ccccc2)C=CO1. The molecule has 0 fully saturated rings. The number of allylic oxidation sites excluding steroid dienone is 2. The molecule has 1 aliphatic rings. The highest BCUT2D eigenvalue weighted by Crippen LogP contribution is 2.15. The van der Waals surface area contributed by atoms with Gasteiger partial charge in [0.15, 0.2) is 0 Å². The first-order valence-electron chi connectivity index (χ1n) is 7.72. The molecule has 0 spiro atoms. The smallest absolute Gasteiger partial charge is 0.0978 e. The Kier molecular flexibility index (Phi) is 9.45. The lowest BCUT2D eigenvalue weighted by molar-refractivity contribution is 0.0136. The fraction of sp³-hybridized carbons (Fsp3) is 0.300.